The van der Waals surface area contributed by atoms with Crippen LogP contribution < -0.4 is 20.1 Å². The Labute approximate surface area is 133 Å². The minimum absolute atomic E-state index is 0.0387. The van der Waals surface area contributed by atoms with Crippen LogP contribution >= 0.6 is 0 Å². The Kier molecular flexibility index (Phi) is 4.42. The molecule has 2 amide bonds. The van der Waals surface area contributed by atoms with Crippen LogP contribution in [-0.4, -0.2) is 31.6 Å². The fourth-order valence-corrected chi connectivity index (χ4v) is 2.17. The summed E-state index contributed by atoms with van der Waals surface area (Å²) >= 11 is 0. The normalized spacial score (nSPS) is 12.6. The van der Waals surface area contributed by atoms with Crippen LogP contribution in [0.15, 0.2) is 48.5 Å². The van der Waals surface area contributed by atoms with Gasteiger partial charge in [-0.15, -0.1) is 0 Å². The summed E-state index contributed by atoms with van der Waals surface area (Å²) in [6.07, 6.45) is 0. The van der Waals surface area contributed by atoms with Crippen LogP contribution in [0.25, 0.3) is 0 Å². The molecule has 0 radical (unpaired) electrons. The van der Waals surface area contributed by atoms with Gasteiger partial charge in [-0.2, -0.15) is 0 Å². The van der Waals surface area contributed by atoms with Crippen molar-refractivity contribution in [2.24, 2.45) is 0 Å². The zero-order valence-electron chi connectivity index (χ0n) is 12.4. The molecule has 6 heteroatoms. The summed E-state index contributed by atoms with van der Waals surface area (Å²) in [4.78, 5) is 23.3. The average Bonchev–Trinajstić information content (AvgIpc) is 2.59. The van der Waals surface area contributed by atoms with E-state index in [2.05, 4.69) is 10.6 Å². The summed E-state index contributed by atoms with van der Waals surface area (Å²) in [5.74, 6) is 0.843. The van der Waals surface area contributed by atoms with Crippen molar-refractivity contribution in [1.29, 1.82) is 0 Å². The number of benzene rings is 2. The summed E-state index contributed by atoms with van der Waals surface area (Å²) in [5, 5.41) is 5.46. The quantitative estimate of drug-likeness (QED) is 0.826. The number of anilines is 1. The van der Waals surface area contributed by atoms with E-state index in [9.17, 15) is 9.59 Å². The summed E-state index contributed by atoms with van der Waals surface area (Å²) in [7, 11) is 0. The van der Waals surface area contributed by atoms with Crippen molar-refractivity contribution in [3.05, 3.63) is 54.1 Å². The first-order chi connectivity index (χ1) is 11.2. The molecule has 0 bridgehead atoms. The van der Waals surface area contributed by atoms with Gasteiger partial charge in [-0.1, -0.05) is 18.2 Å². The molecule has 0 saturated carbocycles. The van der Waals surface area contributed by atoms with Gasteiger partial charge in [0.1, 0.15) is 18.1 Å². The zero-order chi connectivity index (χ0) is 16.1. The number of carbonyl (C=O) groups excluding carboxylic acids is 2. The Morgan fingerprint density at radius 3 is 2.87 bits per heavy atom. The third kappa shape index (κ3) is 3.79. The molecule has 0 atom stereocenters. The van der Waals surface area contributed by atoms with Crippen LogP contribution in [0.3, 0.4) is 0 Å². The third-order valence-corrected chi connectivity index (χ3v) is 3.28. The van der Waals surface area contributed by atoms with Gasteiger partial charge in [0.05, 0.1) is 12.2 Å². The third-order valence-electron chi connectivity index (χ3n) is 3.28. The summed E-state index contributed by atoms with van der Waals surface area (Å²) in [6, 6.07) is 14.3. The maximum atomic E-state index is 12.1. The SMILES string of the molecule is O=C1COc2cc(C(=O)NCCOc3ccccc3)ccc2N1. The highest BCUT2D eigenvalue weighted by Crippen LogP contribution is 2.28. The molecule has 3 rings (SSSR count). The highest BCUT2D eigenvalue weighted by Gasteiger charge is 2.17. The van der Waals surface area contributed by atoms with Gasteiger partial charge in [-0.3, -0.25) is 9.59 Å². The smallest absolute Gasteiger partial charge is 0.262 e. The van der Waals surface area contributed by atoms with E-state index in [4.69, 9.17) is 9.47 Å². The maximum Gasteiger partial charge on any atom is 0.262 e. The number of carbonyl (C=O) groups is 2. The van der Waals surface area contributed by atoms with Crippen molar-refractivity contribution in [2.45, 2.75) is 0 Å². The summed E-state index contributed by atoms with van der Waals surface area (Å²) in [6.45, 7) is 0.735. The number of hydrogen-bond donors (Lipinski definition) is 2. The number of fused-ring (bicyclic) bond motifs is 1. The number of ether oxygens (including phenoxy) is 2. The molecular formula is C17H16N2O4. The van der Waals surface area contributed by atoms with Crippen LogP contribution in [0.4, 0.5) is 5.69 Å². The standard InChI is InChI=1S/C17H16N2O4/c20-16-11-23-15-10-12(6-7-14(15)19-16)17(21)18-8-9-22-13-4-2-1-3-5-13/h1-7,10H,8-9,11H2,(H,18,21)(H,19,20). The molecule has 0 fully saturated rings. The summed E-state index contributed by atoms with van der Waals surface area (Å²) < 4.78 is 10.8. The summed E-state index contributed by atoms with van der Waals surface area (Å²) in [5.41, 5.74) is 1.05. The van der Waals surface area contributed by atoms with Crippen molar-refractivity contribution in [3.8, 4) is 11.5 Å². The van der Waals surface area contributed by atoms with Gasteiger partial charge in [0.15, 0.2) is 6.61 Å². The first kappa shape index (κ1) is 14.9. The van der Waals surface area contributed by atoms with Gasteiger partial charge in [-0.25, -0.2) is 0 Å². The fourth-order valence-electron chi connectivity index (χ4n) is 2.17. The highest BCUT2D eigenvalue weighted by atomic mass is 16.5. The molecule has 1 aliphatic heterocycles. The molecule has 1 heterocycles. The molecule has 0 saturated heterocycles. The van der Waals surface area contributed by atoms with E-state index in [0.29, 0.717) is 30.2 Å². The predicted octanol–water partition coefficient (Wildman–Crippen LogP) is 1.83. The average molecular weight is 312 g/mol. The van der Waals surface area contributed by atoms with Gasteiger partial charge >= 0.3 is 0 Å². The van der Waals surface area contributed by atoms with Crippen LogP contribution in [0, 0.1) is 0 Å². The van der Waals surface area contributed by atoms with Crippen LogP contribution in [-0.2, 0) is 4.79 Å². The van der Waals surface area contributed by atoms with E-state index in [-0.39, 0.29) is 18.4 Å². The molecule has 0 spiro atoms. The Balaban J connectivity index is 1.51. The first-order valence-corrected chi connectivity index (χ1v) is 7.25. The van der Waals surface area contributed by atoms with Crippen molar-refractivity contribution in [1.82, 2.24) is 5.32 Å². The largest absolute Gasteiger partial charge is 0.492 e. The molecule has 6 nitrogen and oxygen atoms in total. The highest BCUT2D eigenvalue weighted by molar-refractivity contribution is 5.98. The van der Waals surface area contributed by atoms with Gasteiger partial charge < -0.3 is 20.1 Å². The molecule has 0 aliphatic carbocycles. The van der Waals surface area contributed by atoms with Crippen molar-refractivity contribution in [3.63, 3.8) is 0 Å². The molecule has 23 heavy (non-hydrogen) atoms. The van der Waals surface area contributed by atoms with Gasteiger partial charge in [0, 0.05) is 5.56 Å². The molecule has 1 aliphatic rings. The van der Waals surface area contributed by atoms with E-state index in [1.807, 2.05) is 30.3 Å². The van der Waals surface area contributed by atoms with E-state index >= 15 is 0 Å². The van der Waals surface area contributed by atoms with Crippen LogP contribution in [0.5, 0.6) is 11.5 Å². The number of rotatable bonds is 5. The lowest BCUT2D eigenvalue weighted by atomic mass is 10.1. The number of nitrogens with one attached hydrogen (secondary N) is 2. The van der Waals surface area contributed by atoms with Gasteiger partial charge in [0.2, 0.25) is 0 Å². The molecule has 118 valence electrons. The molecular weight excluding hydrogens is 296 g/mol. The second kappa shape index (κ2) is 6.83. The molecule has 2 aromatic carbocycles. The predicted molar refractivity (Wildman–Crippen MR) is 84.8 cm³/mol. The lowest BCUT2D eigenvalue weighted by Crippen LogP contribution is -2.29. The van der Waals surface area contributed by atoms with Crippen molar-refractivity contribution in [2.75, 3.05) is 25.1 Å². The minimum atomic E-state index is -0.218. The Hall–Kier alpha value is -3.02. The van der Waals surface area contributed by atoms with Crippen molar-refractivity contribution >= 4 is 17.5 Å². The lowest BCUT2D eigenvalue weighted by Gasteiger charge is -2.18. The topological polar surface area (TPSA) is 76.7 Å². The minimum Gasteiger partial charge on any atom is -0.492 e. The second-order valence-corrected chi connectivity index (χ2v) is 4.97. The van der Waals surface area contributed by atoms with Crippen molar-refractivity contribution < 1.29 is 19.1 Å². The second-order valence-electron chi connectivity index (χ2n) is 4.97. The van der Waals surface area contributed by atoms with Crippen LogP contribution in [0.2, 0.25) is 0 Å². The number of para-hydroxylation sites is 1. The lowest BCUT2D eigenvalue weighted by molar-refractivity contribution is -0.118. The molecule has 0 aromatic heterocycles. The fraction of sp³-hybridized carbons (Fsp3) is 0.176. The van der Waals surface area contributed by atoms with E-state index < -0.39 is 0 Å². The van der Waals surface area contributed by atoms with Gasteiger partial charge in [0.25, 0.3) is 11.8 Å². The number of hydrogen-bond acceptors (Lipinski definition) is 4. The number of amides is 2. The van der Waals surface area contributed by atoms with E-state index in [1.165, 1.54) is 0 Å². The molecule has 0 unspecified atom stereocenters. The Morgan fingerprint density at radius 1 is 1.22 bits per heavy atom. The first-order valence-electron chi connectivity index (χ1n) is 7.25. The van der Waals surface area contributed by atoms with Gasteiger partial charge in [-0.05, 0) is 30.3 Å². The monoisotopic (exact) mass is 312 g/mol. The molecule has 2 N–H and O–H groups in total. The molecule has 2 aromatic rings. The van der Waals surface area contributed by atoms with E-state index in [1.54, 1.807) is 18.2 Å². The zero-order valence-corrected chi connectivity index (χ0v) is 12.4. The Bertz CT molecular complexity index is 716. The van der Waals surface area contributed by atoms with Crippen LogP contribution in [0.1, 0.15) is 10.4 Å². The maximum absolute atomic E-state index is 12.1. The van der Waals surface area contributed by atoms with E-state index in [0.717, 1.165) is 5.75 Å². The Morgan fingerprint density at radius 2 is 2.04 bits per heavy atom.